The number of aromatic nitrogens is 2. The van der Waals surface area contributed by atoms with Gasteiger partial charge in [-0.1, -0.05) is 53.2 Å². The Bertz CT molecular complexity index is 1230. The maximum Gasteiger partial charge on any atom is 0.263 e. The SMILES string of the molecule is C=CCN1CCc2cc(Nc3ncc4c(n3)SCN(c3c(Cl)cccc3Cl)C4=O)ccc2C1. The van der Waals surface area contributed by atoms with Crippen LogP contribution in [0.15, 0.2) is 60.3 Å². The fourth-order valence-electron chi connectivity index (χ4n) is 4.08. The van der Waals surface area contributed by atoms with Gasteiger partial charge >= 0.3 is 0 Å². The Morgan fingerprint density at radius 3 is 2.79 bits per heavy atom. The number of hydrogen-bond donors (Lipinski definition) is 1. The summed E-state index contributed by atoms with van der Waals surface area (Å²) < 4.78 is 0. The molecule has 6 nitrogen and oxygen atoms in total. The van der Waals surface area contributed by atoms with Crippen molar-refractivity contribution in [2.24, 2.45) is 0 Å². The van der Waals surface area contributed by atoms with E-state index in [1.165, 1.54) is 22.9 Å². The van der Waals surface area contributed by atoms with Crippen LogP contribution in [0.2, 0.25) is 10.0 Å². The maximum absolute atomic E-state index is 13.1. The average molecular weight is 498 g/mol. The summed E-state index contributed by atoms with van der Waals surface area (Å²) in [5.41, 5.74) is 4.53. The van der Waals surface area contributed by atoms with Crippen LogP contribution in [0.4, 0.5) is 17.3 Å². The molecule has 1 amide bonds. The Morgan fingerprint density at radius 2 is 2.00 bits per heavy atom. The third-order valence-corrected chi connectivity index (χ3v) is 7.29. The highest BCUT2D eigenvalue weighted by Crippen LogP contribution is 2.39. The number of rotatable bonds is 5. The largest absolute Gasteiger partial charge is 0.324 e. The summed E-state index contributed by atoms with van der Waals surface area (Å²) in [4.78, 5) is 26.0. The van der Waals surface area contributed by atoms with E-state index in [2.05, 4.69) is 38.9 Å². The molecule has 0 saturated carbocycles. The van der Waals surface area contributed by atoms with Crippen LogP contribution in [0.25, 0.3) is 0 Å². The third kappa shape index (κ3) is 4.46. The number of nitrogens with one attached hydrogen (secondary N) is 1. The van der Waals surface area contributed by atoms with Gasteiger partial charge in [0.25, 0.3) is 5.91 Å². The van der Waals surface area contributed by atoms with Crippen molar-refractivity contribution in [2.75, 3.05) is 29.2 Å². The van der Waals surface area contributed by atoms with Gasteiger partial charge in [0, 0.05) is 31.5 Å². The molecular weight excluding hydrogens is 477 g/mol. The second kappa shape index (κ2) is 9.35. The minimum atomic E-state index is -0.219. The number of anilines is 3. The van der Waals surface area contributed by atoms with Crippen LogP contribution in [0.1, 0.15) is 21.5 Å². The second-order valence-electron chi connectivity index (χ2n) is 7.87. The van der Waals surface area contributed by atoms with E-state index in [0.717, 1.165) is 31.7 Å². The van der Waals surface area contributed by atoms with E-state index in [1.807, 2.05) is 12.1 Å². The topological polar surface area (TPSA) is 61.4 Å². The fourth-order valence-corrected chi connectivity index (χ4v) is 5.63. The zero-order valence-corrected chi connectivity index (χ0v) is 20.1. The number of hydrogen-bond acceptors (Lipinski definition) is 6. The zero-order valence-electron chi connectivity index (χ0n) is 17.7. The van der Waals surface area contributed by atoms with Crippen molar-refractivity contribution in [1.29, 1.82) is 0 Å². The number of carbonyl (C=O) groups is 1. The van der Waals surface area contributed by atoms with Crippen LogP contribution in [-0.4, -0.2) is 39.7 Å². The molecular formula is C24H21Cl2N5OS. The summed E-state index contributed by atoms with van der Waals surface area (Å²) in [5, 5.41) is 4.78. The average Bonchev–Trinajstić information content (AvgIpc) is 2.81. The van der Waals surface area contributed by atoms with Crippen LogP contribution in [0.5, 0.6) is 0 Å². The van der Waals surface area contributed by atoms with E-state index in [1.54, 1.807) is 29.3 Å². The van der Waals surface area contributed by atoms with Crippen LogP contribution in [-0.2, 0) is 13.0 Å². The fraction of sp³-hybridized carbons (Fsp3) is 0.208. The molecule has 2 aliphatic rings. The standard InChI is InChI=1S/C24H21Cl2N5OS/c1-2-9-30-10-8-15-11-17(7-6-16(15)13-30)28-24-27-12-18-22(29-24)33-14-31(23(18)32)21-19(25)4-3-5-20(21)26/h2-7,11-12H,1,8-10,13-14H2,(H,27,28,29). The number of para-hydroxylation sites is 1. The molecule has 2 aromatic carbocycles. The van der Waals surface area contributed by atoms with E-state index < -0.39 is 0 Å². The molecule has 0 atom stereocenters. The molecule has 1 aromatic heterocycles. The summed E-state index contributed by atoms with van der Waals surface area (Å²) >= 11 is 14.1. The number of nitrogens with zero attached hydrogens (tertiary/aromatic N) is 4. The Hall–Kier alpha value is -2.58. The number of halogens is 2. The second-order valence-corrected chi connectivity index (χ2v) is 9.62. The highest BCUT2D eigenvalue weighted by atomic mass is 35.5. The van der Waals surface area contributed by atoms with Gasteiger partial charge < -0.3 is 5.32 Å². The summed E-state index contributed by atoms with van der Waals surface area (Å²) in [6, 6.07) is 11.5. The highest BCUT2D eigenvalue weighted by Gasteiger charge is 2.30. The van der Waals surface area contributed by atoms with Crippen LogP contribution >= 0.6 is 35.0 Å². The minimum absolute atomic E-state index is 0.219. The van der Waals surface area contributed by atoms with Crippen molar-refractivity contribution in [2.45, 2.75) is 18.0 Å². The first kappa shape index (κ1) is 22.2. The van der Waals surface area contributed by atoms with Crippen LogP contribution < -0.4 is 10.2 Å². The monoisotopic (exact) mass is 497 g/mol. The zero-order chi connectivity index (χ0) is 22.9. The lowest BCUT2D eigenvalue weighted by Crippen LogP contribution is -2.35. The van der Waals surface area contributed by atoms with Gasteiger partial charge in [-0.05, 0) is 41.8 Å². The van der Waals surface area contributed by atoms with Gasteiger partial charge in [0.2, 0.25) is 5.95 Å². The molecule has 3 aromatic rings. The van der Waals surface area contributed by atoms with E-state index >= 15 is 0 Å². The molecule has 1 N–H and O–H groups in total. The van der Waals surface area contributed by atoms with Crippen molar-refractivity contribution >= 4 is 58.2 Å². The molecule has 0 aliphatic carbocycles. The Labute approximate surface area is 206 Å². The number of carbonyl (C=O) groups excluding carboxylic acids is 1. The summed E-state index contributed by atoms with van der Waals surface area (Å²) in [6.45, 7) is 6.68. The first-order valence-electron chi connectivity index (χ1n) is 10.5. The van der Waals surface area contributed by atoms with Crippen molar-refractivity contribution in [3.63, 3.8) is 0 Å². The first-order valence-corrected chi connectivity index (χ1v) is 12.3. The van der Waals surface area contributed by atoms with E-state index in [0.29, 0.717) is 38.1 Å². The Morgan fingerprint density at radius 1 is 1.18 bits per heavy atom. The predicted octanol–water partition coefficient (Wildman–Crippen LogP) is 5.78. The summed E-state index contributed by atoms with van der Waals surface area (Å²) in [7, 11) is 0. The van der Waals surface area contributed by atoms with Crippen molar-refractivity contribution in [3.8, 4) is 0 Å². The molecule has 0 fully saturated rings. The van der Waals surface area contributed by atoms with Gasteiger partial charge in [0.05, 0.1) is 27.2 Å². The van der Waals surface area contributed by atoms with Gasteiger partial charge in [-0.15, -0.1) is 6.58 Å². The van der Waals surface area contributed by atoms with E-state index in [4.69, 9.17) is 23.2 Å². The number of amides is 1. The normalized spacial score (nSPS) is 15.7. The molecule has 0 spiro atoms. The van der Waals surface area contributed by atoms with Crippen molar-refractivity contribution in [3.05, 3.63) is 82.0 Å². The van der Waals surface area contributed by atoms with Crippen LogP contribution in [0.3, 0.4) is 0 Å². The molecule has 0 bridgehead atoms. The molecule has 3 heterocycles. The molecule has 5 rings (SSSR count). The molecule has 0 saturated heterocycles. The Kier molecular flexibility index (Phi) is 6.29. The quantitative estimate of drug-likeness (QED) is 0.356. The predicted molar refractivity (Wildman–Crippen MR) is 135 cm³/mol. The first-order chi connectivity index (χ1) is 16.0. The number of fused-ring (bicyclic) bond motifs is 2. The van der Waals surface area contributed by atoms with E-state index in [-0.39, 0.29) is 5.91 Å². The molecule has 168 valence electrons. The van der Waals surface area contributed by atoms with E-state index in [9.17, 15) is 4.79 Å². The molecule has 33 heavy (non-hydrogen) atoms. The minimum Gasteiger partial charge on any atom is -0.324 e. The lowest BCUT2D eigenvalue weighted by Gasteiger charge is -2.29. The maximum atomic E-state index is 13.1. The smallest absolute Gasteiger partial charge is 0.263 e. The number of thioether (sulfide) groups is 1. The lowest BCUT2D eigenvalue weighted by molar-refractivity contribution is 0.0985. The van der Waals surface area contributed by atoms with Gasteiger partial charge in [0.1, 0.15) is 5.03 Å². The number of benzene rings is 2. The van der Waals surface area contributed by atoms with Crippen molar-refractivity contribution < 1.29 is 4.79 Å². The third-order valence-electron chi connectivity index (χ3n) is 5.71. The molecule has 9 heteroatoms. The molecule has 0 unspecified atom stereocenters. The molecule has 0 radical (unpaired) electrons. The van der Waals surface area contributed by atoms with Gasteiger partial charge in [-0.25, -0.2) is 9.97 Å². The molecule has 2 aliphatic heterocycles. The highest BCUT2D eigenvalue weighted by molar-refractivity contribution is 7.99. The van der Waals surface area contributed by atoms with Gasteiger partial charge in [0.15, 0.2) is 0 Å². The Balaban J connectivity index is 1.34. The van der Waals surface area contributed by atoms with Crippen LogP contribution in [0, 0.1) is 0 Å². The summed E-state index contributed by atoms with van der Waals surface area (Å²) in [6.07, 6.45) is 4.50. The van der Waals surface area contributed by atoms with Crippen molar-refractivity contribution in [1.82, 2.24) is 14.9 Å². The van der Waals surface area contributed by atoms with Gasteiger partial charge in [-0.3, -0.25) is 14.6 Å². The lowest BCUT2D eigenvalue weighted by atomic mass is 9.99. The van der Waals surface area contributed by atoms with Gasteiger partial charge in [-0.2, -0.15) is 0 Å². The summed E-state index contributed by atoms with van der Waals surface area (Å²) in [5.74, 6) is 0.608.